The number of carboxylic acid groups (broad SMARTS) is 1. The van der Waals surface area contributed by atoms with Crippen LogP contribution in [0, 0.1) is 0 Å². The molecule has 102 valence electrons. The molecule has 0 spiro atoms. The number of hydrogen-bond acceptors (Lipinski definition) is 2. The zero-order chi connectivity index (χ0) is 14.4. The SMILES string of the molecule is O=C(O)/C=C/c1ccccc1Cc1cccc(CO)c1. The van der Waals surface area contributed by atoms with E-state index in [0.29, 0.717) is 6.42 Å². The first kappa shape index (κ1) is 14.0. The molecule has 0 saturated carbocycles. The standard InChI is InChI=1S/C17H16O3/c18-12-14-5-3-4-13(10-14)11-16-7-2-1-6-15(16)8-9-17(19)20/h1-10,18H,11-12H2,(H,19,20)/b9-8+. The van der Waals surface area contributed by atoms with Crippen LogP contribution >= 0.6 is 0 Å². The Balaban J connectivity index is 2.26. The Labute approximate surface area is 117 Å². The minimum absolute atomic E-state index is 0.0222. The lowest BCUT2D eigenvalue weighted by atomic mass is 9.98. The van der Waals surface area contributed by atoms with E-state index in [1.807, 2.05) is 48.5 Å². The molecule has 3 nitrogen and oxygen atoms in total. The number of aliphatic carboxylic acids is 1. The van der Waals surface area contributed by atoms with Gasteiger partial charge in [-0.25, -0.2) is 4.79 Å². The highest BCUT2D eigenvalue weighted by Crippen LogP contribution is 2.17. The van der Waals surface area contributed by atoms with Crippen LogP contribution in [0.1, 0.15) is 22.3 Å². The van der Waals surface area contributed by atoms with Gasteiger partial charge in [0.15, 0.2) is 0 Å². The van der Waals surface area contributed by atoms with Gasteiger partial charge in [-0.15, -0.1) is 0 Å². The van der Waals surface area contributed by atoms with Crippen molar-refractivity contribution >= 4 is 12.0 Å². The molecule has 2 aromatic rings. The number of benzene rings is 2. The van der Waals surface area contributed by atoms with Gasteiger partial charge in [-0.1, -0.05) is 48.5 Å². The minimum Gasteiger partial charge on any atom is -0.478 e. The third-order valence-electron chi connectivity index (χ3n) is 3.03. The summed E-state index contributed by atoms with van der Waals surface area (Å²) in [6.07, 6.45) is 3.45. The van der Waals surface area contributed by atoms with E-state index in [9.17, 15) is 4.79 Å². The van der Waals surface area contributed by atoms with E-state index >= 15 is 0 Å². The smallest absolute Gasteiger partial charge is 0.328 e. The number of hydrogen-bond donors (Lipinski definition) is 2. The Morgan fingerprint density at radius 1 is 1.05 bits per heavy atom. The van der Waals surface area contributed by atoms with Crippen molar-refractivity contribution in [2.75, 3.05) is 0 Å². The van der Waals surface area contributed by atoms with Gasteiger partial charge in [0.25, 0.3) is 0 Å². The van der Waals surface area contributed by atoms with Crippen molar-refractivity contribution in [2.45, 2.75) is 13.0 Å². The van der Waals surface area contributed by atoms with Crippen LogP contribution in [0.25, 0.3) is 6.08 Å². The maximum atomic E-state index is 10.6. The van der Waals surface area contributed by atoms with Crippen LogP contribution in [0.4, 0.5) is 0 Å². The summed E-state index contributed by atoms with van der Waals surface area (Å²) in [5, 5.41) is 17.9. The van der Waals surface area contributed by atoms with Crippen molar-refractivity contribution in [1.29, 1.82) is 0 Å². The molecule has 3 heteroatoms. The van der Waals surface area contributed by atoms with Crippen molar-refractivity contribution in [2.24, 2.45) is 0 Å². The van der Waals surface area contributed by atoms with E-state index in [1.54, 1.807) is 6.08 Å². The van der Waals surface area contributed by atoms with Gasteiger partial charge in [-0.3, -0.25) is 0 Å². The number of rotatable bonds is 5. The fraction of sp³-hybridized carbons (Fsp3) is 0.118. The number of carbonyl (C=O) groups is 1. The summed E-state index contributed by atoms with van der Waals surface area (Å²) in [5.74, 6) is -0.956. The average molecular weight is 268 g/mol. The second-order valence-electron chi connectivity index (χ2n) is 4.53. The van der Waals surface area contributed by atoms with Crippen LogP contribution in [-0.2, 0) is 17.8 Å². The third-order valence-corrected chi connectivity index (χ3v) is 3.03. The van der Waals surface area contributed by atoms with Crippen LogP contribution < -0.4 is 0 Å². The first-order valence-electron chi connectivity index (χ1n) is 6.36. The maximum Gasteiger partial charge on any atom is 0.328 e. The van der Waals surface area contributed by atoms with E-state index in [1.165, 1.54) is 0 Å². The van der Waals surface area contributed by atoms with Gasteiger partial charge >= 0.3 is 5.97 Å². The molecular formula is C17H16O3. The lowest BCUT2D eigenvalue weighted by Gasteiger charge is -2.07. The summed E-state index contributed by atoms with van der Waals surface area (Å²) in [6.45, 7) is 0.0222. The van der Waals surface area contributed by atoms with Crippen molar-refractivity contribution in [3.8, 4) is 0 Å². The van der Waals surface area contributed by atoms with Gasteiger partial charge in [-0.2, -0.15) is 0 Å². The van der Waals surface area contributed by atoms with Gasteiger partial charge in [0.1, 0.15) is 0 Å². The Morgan fingerprint density at radius 3 is 2.55 bits per heavy atom. The molecule has 0 aromatic heterocycles. The number of carboxylic acids is 1. The Morgan fingerprint density at radius 2 is 1.80 bits per heavy atom. The fourth-order valence-corrected chi connectivity index (χ4v) is 2.08. The lowest BCUT2D eigenvalue weighted by Crippen LogP contribution is -1.94. The summed E-state index contributed by atoms with van der Waals surface area (Å²) in [7, 11) is 0. The van der Waals surface area contributed by atoms with Crippen molar-refractivity contribution in [3.63, 3.8) is 0 Å². The van der Waals surface area contributed by atoms with Crippen molar-refractivity contribution < 1.29 is 15.0 Å². The van der Waals surface area contributed by atoms with Gasteiger partial charge in [0.2, 0.25) is 0 Å². The molecule has 0 fully saturated rings. The molecule has 20 heavy (non-hydrogen) atoms. The van der Waals surface area contributed by atoms with Crippen LogP contribution in [0.3, 0.4) is 0 Å². The van der Waals surface area contributed by atoms with Crippen LogP contribution in [0.15, 0.2) is 54.6 Å². The summed E-state index contributed by atoms with van der Waals surface area (Å²) in [4.78, 5) is 10.6. The molecule has 0 aliphatic heterocycles. The number of aliphatic hydroxyl groups excluding tert-OH is 1. The second-order valence-corrected chi connectivity index (χ2v) is 4.53. The van der Waals surface area contributed by atoms with Crippen LogP contribution in [0.2, 0.25) is 0 Å². The molecule has 0 aliphatic carbocycles. The first-order chi connectivity index (χ1) is 9.69. The Kier molecular flexibility index (Phi) is 4.69. The van der Waals surface area contributed by atoms with Gasteiger partial charge in [-0.05, 0) is 34.8 Å². The highest BCUT2D eigenvalue weighted by atomic mass is 16.4. The van der Waals surface area contributed by atoms with Crippen molar-refractivity contribution in [3.05, 3.63) is 76.9 Å². The molecule has 2 rings (SSSR count). The molecule has 0 saturated heterocycles. The molecule has 0 heterocycles. The minimum atomic E-state index is -0.956. The summed E-state index contributed by atoms with van der Waals surface area (Å²) < 4.78 is 0. The van der Waals surface area contributed by atoms with Crippen LogP contribution in [0.5, 0.6) is 0 Å². The van der Waals surface area contributed by atoms with Gasteiger partial charge < -0.3 is 10.2 Å². The molecule has 0 unspecified atom stereocenters. The molecule has 2 N–H and O–H groups in total. The fourth-order valence-electron chi connectivity index (χ4n) is 2.08. The predicted octanol–water partition coefficient (Wildman–Crippen LogP) is 2.87. The molecule has 0 atom stereocenters. The van der Waals surface area contributed by atoms with E-state index in [4.69, 9.17) is 10.2 Å². The molecule has 2 aromatic carbocycles. The van der Waals surface area contributed by atoms with E-state index < -0.39 is 5.97 Å². The normalized spacial score (nSPS) is 10.8. The zero-order valence-electron chi connectivity index (χ0n) is 11.0. The second kappa shape index (κ2) is 6.68. The summed E-state index contributed by atoms with van der Waals surface area (Å²) in [5.41, 5.74) is 3.91. The maximum absolute atomic E-state index is 10.6. The van der Waals surface area contributed by atoms with Gasteiger partial charge in [0, 0.05) is 6.08 Å². The van der Waals surface area contributed by atoms with Crippen molar-refractivity contribution in [1.82, 2.24) is 0 Å². The molecule has 0 aliphatic rings. The van der Waals surface area contributed by atoms with E-state index in [2.05, 4.69) is 0 Å². The highest BCUT2D eigenvalue weighted by Gasteiger charge is 2.02. The van der Waals surface area contributed by atoms with E-state index in [-0.39, 0.29) is 6.61 Å². The van der Waals surface area contributed by atoms with Crippen LogP contribution in [-0.4, -0.2) is 16.2 Å². The predicted molar refractivity (Wildman–Crippen MR) is 78.3 cm³/mol. The molecule has 0 bridgehead atoms. The molecule has 0 radical (unpaired) electrons. The van der Waals surface area contributed by atoms with Gasteiger partial charge in [0.05, 0.1) is 6.61 Å². The topological polar surface area (TPSA) is 57.5 Å². The summed E-state index contributed by atoms with van der Waals surface area (Å²) >= 11 is 0. The zero-order valence-corrected chi connectivity index (χ0v) is 11.0. The largest absolute Gasteiger partial charge is 0.478 e. The molecule has 0 amide bonds. The summed E-state index contributed by atoms with van der Waals surface area (Å²) in [6, 6.07) is 15.4. The Hall–Kier alpha value is -2.39. The van der Waals surface area contributed by atoms with E-state index in [0.717, 1.165) is 28.3 Å². The third kappa shape index (κ3) is 3.80. The average Bonchev–Trinajstić information content (AvgIpc) is 2.46. The highest BCUT2D eigenvalue weighted by molar-refractivity contribution is 5.85. The first-order valence-corrected chi connectivity index (χ1v) is 6.36. The Bertz CT molecular complexity index is 630. The molecular weight excluding hydrogens is 252 g/mol. The monoisotopic (exact) mass is 268 g/mol. The quantitative estimate of drug-likeness (QED) is 0.820. The lowest BCUT2D eigenvalue weighted by molar-refractivity contribution is -0.131. The number of aliphatic hydroxyl groups is 1.